The molecule has 0 amide bonds. The Morgan fingerprint density at radius 1 is 1.12 bits per heavy atom. The van der Waals surface area contributed by atoms with Crippen molar-refractivity contribution in [3.63, 3.8) is 0 Å². The Labute approximate surface area is 149 Å². The van der Waals surface area contributed by atoms with Gasteiger partial charge in [0.15, 0.2) is 0 Å². The van der Waals surface area contributed by atoms with Gasteiger partial charge in [0.1, 0.15) is 8.07 Å². The molecule has 1 saturated carbocycles. The maximum Gasteiger partial charge on any atom is 0.106 e. The molecule has 0 N–H and O–H groups in total. The Morgan fingerprint density at radius 3 is 2.17 bits per heavy atom. The lowest BCUT2D eigenvalue weighted by atomic mass is 9.80. The summed E-state index contributed by atoms with van der Waals surface area (Å²) >= 11 is 0. The lowest BCUT2D eigenvalue weighted by Crippen LogP contribution is -2.51. The van der Waals surface area contributed by atoms with E-state index in [1.807, 2.05) is 0 Å². The van der Waals surface area contributed by atoms with Gasteiger partial charge < -0.3 is 0 Å². The predicted octanol–water partition coefficient (Wildman–Crippen LogP) is 3.50. The number of nitrogens with zero attached hydrogens (tertiary/aromatic N) is 4. The van der Waals surface area contributed by atoms with Crippen molar-refractivity contribution in [3.8, 4) is 0 Å². The number of fused-ring (bicyclic) bond motifs is 1. The summed E-state index contributed by atoms with van der Waals surface area (Å²) < 4.78 is 2.14. The van der Waals surface area contributed by atoms with E-state index in [4.69, 9.17) is 0 Å². The van der Waals surface area contributed by atoms with E-state index in [0.29, 0.717) is 22.9 Å². The summed E-state index contributed by atoms with van der Waals surface area (Å²) in [6, 6.07) is 1.36. The number of hydrogen-bond acceptors (Lipinski definition) is 3. The standard InChI is InChI=1S/C19H36N4Si/c1-17(2,3)14-10-19(11-15(19)23(14)18(4,5)6)13-22-12-16(20-21-22)24(7,8)9/h12,14-15H,10-11,13H2,1-9H3/t14?,15-,19+/m1/s1. The highest BCUT2D eigenvalue weighted by Gasteiger charge is 2.67. The molecule has 1 aliphatic carbocycles. The molecule has 1 aliphatic heterocycles. The van der Waals surface area contributed by atoms with Gasteiger partial charge in [0.2, 0.25) is 0 Å². The molecule has 1 aromatic heterocycles. The quantitative estimate of drug-likeness (QED) is 0.784. The van der Waals surface area contributed by atoms with Crippen molar-refractivity contribution in [3.05, 3.63) is 6.20 Å². The summed E-state index contributed by atoms with van der Waals surface area (Å²) in [5.41, 5.74) is 0.960. The van der Waals surface area contributed by atoms with Crippen LogP contribution in [0.2, 0.25) is 19.6 Å². The zero-order chi connectivity index (χ0) is 18.1. The summed E-state index contributed by atoms with van der Waals surface area (Å²) in [4.78, 5) is 2.81. The van der Waals surface area contributed by atoms with Crippen molar-refractivity contribution in [2.45, 2.75) is 98.2 Å². The second-order valence-electron chi connectivity index (χ2n) is 11.3. The van der Waals surface area contributed by atoms with Gasteiger partial charge in [-0.15, -0.1) is 5.10 Å². The van der Waals surface area contributed by atoms with Crippen LogP contribution in [0.25, 0.3) is 0 Å². The molecule has 5 heteroatoms. The van der Waals surface area contributed by atoms with Crippen LogP contribution in [0.15, 0.2) is 6.20 Å². The van der Waals surface area contributed by atoms with E-state index >= 15 is 0 Å². The van der Waals surface area contributed by atoms with Crippen molar-refractivity contribution in [1.29, 1.82) is 0 Å². The molecule has 3 rings (SSSR count). The van der Waals surface area contributed by atoms with Crippen LogP contribution in [0.5, 0.6) is 0 Å². The normalized spacial score (nSPS) is 31.4. The largest absolute Gasteiger partial charge is 0.291 e. The SMILES string of the molecule is CC(C)(C)C1C[C@@]2(Cn3cc([Si](C)(C)C)nn3)C[C@H]2N1C(C)(C)C. The van der Waals surface area contributed by atoms with E-state index in [2.05, 4.69) is 87.3 Å². The first-order valence-electron chi connectivity index (χ1n) is 9.43. The van der Waals surface area contributed by atoms with E-state index in [0.717, 1.165) is 6.54 Å². The Bertz CT molecular complexity index is 617. The zero-order valence-corrected chi connectivity index (χ0v) is 18.1. The first-order chi connectivity index (χ1) is 10.7. The maximum absolute atomic E-state index is 4.48. The van der Waals surface area contributed by atoms with Crippen molar-refractivity contribution in [2.75, 3.05) is 0 Å². The zero-order valence-electron chi connectivity index (χ0n) is 17.1. The van der Waals surface area contributed by atoms with Crippen LogP contribution in [-0.4, -0.2) is 45.6 Å². The summed E-state index contributed by atoms with van der Waals surface area (Å²) in [6.07, 6.45) is 4.84. The molecule has 3 atom stereocenters. The van der Waals surface area contributed by atoms with Gasteiger partial charge >= 0.3 is 0 Å². The highest BCUT2D eigenvalue weighted by Crippen LogP contribution is 2.64. The molecule has 0 spiro atoms. The Morgan fingerprint density at radius 2 is 1.75 bits per heavy atom. The predicted molar refractivity (Wildman–Crippen MR) is 103 cm³/mol. The Kier molecular flexibility index (Phi) is 3.90. The molecule has 1 saturated heterocycles. The third kappa shape index (κ3) is 3.10. The Hall–Kier alpha value is -0.683. The molecular formula is C19H36N4Si. The van der Waals surface area contributed by atoms with Crippen molar-refractivity contribution >= 4 is 13.4 Å². The third-order valence-corrected chi connectivity index (χ3v) is 7.74. The van der Waals surface area contributed by atoms with Crippen molar-refractivity contribution < 1.29 is 0 Å². The van der Waals surface area contributed by atoms with E-state index < -0.39 is 8.07 Å². The number of likely N-dealkylation sites (tertiary alicyclic amines) is 1. The molecule has 1 aromatic rings. The average Bonchev–Trinajstić information content (AvgIpc) is 2.76. The minimum absolute atomic E-state index is 0.229. The topological polar surface area (TPSA) is 34.0 Å². The fourth-order valence-electron chi connectivity index (χ4n) is 4.57. The second-order valence-corrected chi connectivity index (χ2v) is 16.3. The van der Waals surface area contributed by atoms with Gasteiger partial charge in [0.25, 0.3) is 0 Å². The van der Waals surface area contributed by atoms with Crippen molar-refractivity contribution in [1.82, 2.24) is 19.9 Å². The van der Waals surface area contributed by atoms with Gasteiger partial charge in [-0.3, -0.25) is 9.58 Å². The Balaban J connectivity index is 1.82. The van der Waals surface area contributed by atoms with E-state index in [9.17, 15) is 0 Å². The first-order valence-corrected chi connectivity index (χ1v) is 12.9. The molecule has 2 fully saturated rings. The highest BCUT2D eigenvalue weighted by atomic mass is 28.3. The van der Waals surface area contributed by atoms with Crippen LogP contribution >= 0.6 is 0 Å². The fraction of sp³-hybridized carbons (Fsp3) is 0.895. The smallest absolute Gasteiger partial charge is 0.106 e. The minimum atomic E-state index is -1.37. The van der Waals surface area contributed by atoms with Crippen LogP contribution in [-0.2, 0) is 6.54 Å². The average molecular weight is 349 g/mol. The summed E-state index contributed by atoms with van der Waals surface area (Å²) in [6.45, 7) is 22.4. The molecule has 1 unspecified atom stereocenters. The van der Waals surface area contributed by atoms with Crippen LogP contribution in [0.3, 0.4) is 0 Å². The number of hydrogen-bond donors (Lipinski definition) is 0. The van der Waals surface area contributed by atoms with Crippen LogP contribution in [0.4, 0.5) is 0 Å². The molecule has 0 bridgehead atoms. The molecular weight excluding hydrogens is 312 g/mol. The fourth-order valence-corrected chi connectivity index (χ4v) is 5.46. The molecule has 0 aromatic carbocycles. The van der Waals surface area contributed by atoms with Gasteiger partial charge in [0.05, 0.1) is 5.32 Å². The molecule has 0 radical (unpaired) electrons. The van der Waals surface area contributed by atoms with E-state index in [1.165, 1.54) is 18.2 Å². The molecule has 24 heavy (non-hydrogen) atoms. The number of rotatable bonds is 3. The monoisotopic (exact) mass is 348 g/mol. The van der Waals surface area contributed by atoms with E-state index in [1.54, 1.807) is 0 Å². The summed E-state index contributed by atoms with van der Waals surface area (Å²) in [5, 5.41) is 10.2. The second kappa shape index (κ2) is 5.16. The highest BCUT2D eigenvalue weighted by molar-refractivity contribution is 6.88. The van der Waals surface area contributed by atoms with Gasteiger partial charge in [0, 0.05) is 35.8 Å². The molecule has 4 nitrogen and oxygen atoms in total. The van der Waals surface area contributed by atoms with Gasteiger partial charge in [-0.1, -0.05) is 45.6 Å². The lowest BCUT2D eigenvalue weighted by molar-refractivity contribution is 0.0362. The summed E-state index contributed by atoms with van der Waals surface area (Å²) in [7, 11) is -1.37. The van der Waals surface area contributed by atoms with Crippen LogP contribution < -0.4 is 5.32 Å². The molecule has 2 aliphatic rings. The first kappa shape index (κ1) is 18.1. The van der Waals surface area contributed by atoms with Gasteiger partial charge in [-0.25, -0.2) is 0 Å². The summed E-state index contributed by atoms with van der Waals surface area (Å²) in [5.74, 6) is 0. The van der Waals surface area contributed by atoms with Crippen molar-refractivity contribution in [2.24, 2.45) is 10.8 Å². The van der Waals surface area contributed by atoms with Crippen LogP contribution in [0, 0.1) is 10.8 Å². The maximum atomic E-state index is 4.48. The van der Waals surface area contributed by atoms with E-state index in [-0.39, 0.29) is 5.54 Å². The van der Waals surface area contributed by atoms with Gasteiger partial charge in [-0.05, 0) is 39.0 Å². The lowest BCUT2D eigenvalue weighted by Gasteiger charge is -2.45. The van der Waals surface area contributed by atoms with Gasteiger partial charge in [-0.2, -0.15) is 0 Å². The van der Waals surface area contributed by atoms with Crippen LogP contribution in [0.1, 0.15) is 54.4 Å². The minimum Gasteiger partial charge on any atom is -0.291 e. The number of aromatic nitrogens is 3. The number of piperidine rings is 1. The third-order valence-electron chi connectivity index (χ3n) is 5.98. The molecule has 136 valence electrons. The molecule has 2 heterocycles.